The SMILES string of the molecule is O=C(c1cccc(Cl)c1)[C@H]1CCCN(C(=O)CCc2ccncc2)C1. The number of aryl methyl sites for hydroxylation is 1. The van der Waals surface area contributed by atoms with Crippen LogP contribution in [0.4, 0.5) is 0 Å². The molecule has 2 heterocycles. The molecule has 25 heavy (non-hydrogen) atoms. The van der Waals surface area contributed by atoms with Gasteiger partial charge in [-0.15, -0.1) is 0 Å². The van der Waals surface area contributed by atoms with E-state index in [1.54, 1.807) is 36.7 Å². The fraction of sp³-hybridized carbons (Fsp3) is 0.350. The quantitative estimate of drug-likeness (QED) is 0.766. The highest BCUT2D eigenvalue weighted by Gasteiger charge is 2.28. The Kier molecular flexibility index (Phi) is 5.82. The summed E-state index contributed by atoms with van der Waals surface area (Å²) >= 11 is 5.99. The molecule has 0 radical (unpaired) electrons. The van der Waals surface area contributed by atoms with Crippen molar-refractivity contribution < 1.29 is 9.59 Å². The van der Waals surface area contributed by atoms with E-state index in [4.69, 9.17) is 11.6 Å². The van der Waals surface area contributed by atoms with E-state index in [9.17, 15) is 9.59 Å². The van der Waals surface area contributed by atoms with Gasteiger partial charge in [-0.25, -0.2) is 0 Å². The third-order valence-corrected chi connectivity index (χ3v) is 4.87. The summed E-state index contributed by atoms with van der Waals surface area (Å²) < 4.78 is 0. The molecule has 0 saturated carbocycles. The van der Waals surface area contributed by atoms with Crippen molar-refractivity contribution in [3.05, 3.63) is 64.9 Å². The topological polar surface area (TPSA) is 50.3 Å². The molecule has 0 bridgehead atoms. The van der Waals surface area contributed by atoms with Crippen LogP contribution < -0.4 is 0 Å². The minimum Gasteiger partial charge on any atom is -0.342 e. The number of halogens is 1. The Balaban J connectivity index is 1.58. The normalized spacial score (nSPS) is 17.3. The Morgan fingerprint density at radius 2 is 2.00 bits per heavy atom. The van der Waals surface area contributed by atoms with E-state index in [1.807, 2.05) is 17.0 Å². The van der Waals surface area contributed by atoms with Gasteiger partial charge >= 0.3 is 0 Å². The van der Waals surface area contributed by atoms with Crippen LogP contribution in [0.2, 0.25) is 5.02 Å². The molecule has 5 heteroatoms. The van der Waals surface area contributed by atoms with Crippen molar-refractivity contribution in [1.29, 1.82) is 0 Å². The zero-order valence-electron chi connectivity index (χ0n) is 14.0. The Hall–Kier alpha value is -2.20. The molecule has 3 rings (SSSR count). The van der Waals surface area contributed by atoms with Crippen LogP contribution in [0.5, 0.6) is 0 Å². The van der Waals surface area contributed by atoms with Crippen LogP contribution in [-0.2, 0) is 11.2 Å². The molecule has 1 saturated heterocycles. The predicted octanol–water partition coefficient (Wildman–Crippen LogP) is 3.79. The van der Waals surface area contributed by atoms with Crippen molar-refractivity contribution >= 4 is 23.3 Å². The summed E-state index contributed by atoms with van der Waals surface area (Å²) in [5, 5.41) is 0.562. The second kappa shape index (κ2) is 8.26. The van der Waals surface area contributed by atoms with Gasteiger partial charge < -0.3 is 4.90 Å². The number of ketones is 1. The molecule has 1 aromatic carbocycles. The number of benzene rings is 1. The highest BCUT2D eigenvalue weighted by Crippen LogP contribution is 2.23. The van der Waals surface area contributed by atoms with Gasteiger partial charge in [-0.05, 0) is 49.1 Å². The first-order valence-corrected chi connectivity index (χ1v) is 8.98. The molecule has 130 valence electrons. The monoisotopic (exact) mass is 356 g/mol. The molecule has 1 aromatic heterocycles. The fourth-order valence-corrected chi connectivity index (χ4v) is 3.44. The second-order valence-electron chi connectivity index (χ2n) is 6.41. The number of nitrogens with zero attached hydrogens (tertiary/aromatic N) is 2. The van der Waals surface area contributed by atoms with Gasteiger partial charge in [-0.3, -0.25) is 14.6 Å². The van der Waals surface area contributed by atoms with Gasteiger partial charge in [-0.2, -0.15) is 0 Å². The van der Waals surface area contributed by atoms with Crippen LogP contribution in [0.15, 0.2) is 48.8 Å². The van der Waals surface area contributed by atoms with Crippen molar-refractivity contribution in [3.8, 4) is 0 Å². The molecule has 4 nitrogen and oxygen atoms in total. The number of likely N-dealkylation sites (tertiary alicyclic amines) is 1. The smallest absolute Gasteiger partial charge is 0.222 e. The van der Waals surface area contributed by atoms with Crippen LogP contribution in [-0.4, -0.2) is 34.7 Å². The highest BCUT2D eigenvalue weighted by molar-refractivity contribution is 6.31. The molecule has 0 unspecified atom stereocenters. The van der Waals surface area contributed by atoms with Crippen molar-refractivity contribution in [1.82, 2.24) is 9.88 Å². The highest BCUT2D eigenvalue weighted by atomic mass is 35.5. The van der Waals surface area contributed by atoms with E-state index in [0.717, 1.165) is 24.9 Å². The molecule has 0 N–H and O–H groups in total. The third kappa shape index (κ3) is 4.67. The molecule has 1 amide bonds. The first kappa shape index (κ1) is 17.6. The molecular weight excluding hydrogens is 336 g/mol. The number of hydrogen-bond acceptors (Lipinski definition) is 3. The average molecular weight is 357 g/mol. The number of carbonyl (C=O) groups excluding carboxylic acids is 2. The molecule has 1 aliphatic rings. The number of rotatable bonds is 5. The molecule has 0 aliphatic carbocycles. The van der Waals surface area contributed by atoms with Gasteiger partial charge in [0, 0.05) is 48.4 Å². The third-order valence-electron chi connectivity index (χ3n) is 4.63. The number of pyridine rings is 1. The van der Waals surface area contributed by atoms with Gasteiger partial charge in [0.2, 0.25) is 5.91 Å². The van der Waals surface area contributed by atoms with E-state index in [0.29, 0.717) is 30.0 Å². The second-order valence-corrected chi connectivity index (χ2v) is 6.85. The van der Waals surface area contributed by atoms with Crippen LogP contribution in [0.1, 0.15) is 35.2 Å². The van der Waals surface area contributed by atoms with Crippen LogP contribution >= 0.6 is 11.6 Å². The Labute approximate surface area is 152 Å². The van der Waals surface area contributed by atoms with E-state index in [1.165, 1.54) is 0 Å². The van der Waals surface area contributed by atoms with Gasteiger partial charge in [0.05, 0.1) is 0 Å². The number of amides is 1. The van der Waals surface area contributed by atoms with E-state index in [2.05, 4.69) is 4.98 Å². The van der Waals surface area contributed by atoms with E-state index >= 15 is 0 Å². The Morgan fingerprint density at radius 1 is 1.20 bits per heavy atom. The largest absolute Gasteiger partial charge is 0.342 e. The molecule has 1 fully saturated rings. The number of piperidine rings is 1. The van der Waals surface area contributed by atoms with E-state index in [-0.39, 0.29) is 17.6 Å². The molecule has 2 aromatic rings. The average Bonchev–Trinajstić information content (AvgIpc) is 2.66. The summed E-state index contributed by atoms with van der Waals surface area (Å²) in [5.41, 5.74) is 1.73. The van der Waals surface area contributed by atoms with Gasteiger partial charge in [-0.1, -0.05) is 23.7 Å². The Bertz CT molecular complexity index is 748. The maximum absolute atomic E-state index is 12.7. The van der Waals surface area contributed by atoms with Gasteiger partial charge in [0.15, 0.2) is 5.78 Å². The molecular formula is C20H21ClN2O2. The van der Waals surface area contributed by atoms with Crippen LogP contribution in [0, 0.1) is 5.92 Å². The zero-order valence-corrected chi connectivity index (χ0v) is 14.8. The first-order valence-electron chi connectivity index (χ1n) is 8.60. The van der Waals surface area contributed by atoms with E-state index < -0.39 is 0 Å². The van der Waals surface area contributed by atoms with Gasteiger partial charge in [0.1, 0.15) is 0 Å². The lowest BCUT2D eigenvalue weighted by Gasteiger charge is -2.32. The summed E-state index contributed by atoms with van der Waals surface area (Å²) in [7, 11) is 0. The van der Waals surface area contributed by atoms with Crippen molar-refractivity contribution in [3.63, 3.8) is 0 Å². The lowest BCUT2D eigenvalue weighted by molar-refractivity contribution is -0.132. The predicted molar refractivity (Wildman–Crippen MR) is 97.6 cm³/mol. The lowest BCUT2D eigenvalue weighted by atomic mass is 9.90. The van der Waals surface area contributed by atoms with Crippen LogP contribution in [0.25, 0.3) is 0 Å². The summed E-state index contributed by atoms with van der Waals surface area (Å²) in [5.74, 6) is 0.0478. The number of carbonyl (C=O) groups is 2. The minimum atomic E-state index is -0.142. The molecule has 1 aliphatic heterocycles. The fourth-order valence-electron chi connectivity index (χ4n) is 3.25. The van der Waals surface area contributed by atoms with Crippen LogP contribution in [0.3, 0.4) is 0 Å². The lowest BCUT2D eigenvalue weighted by Crippen LogP contribution is -2.42. The summed E-state index contributed by atoms with van der Waals surface area (Å²) in [6.07, 6.45) is 6.31. The van der Waals surface area contributed by atoms with Crippen molar-refractivity contribution in [2.24, 2.45) is 5.92 Å². The minimum absolute atomic E-state index is 0.0779. The number of aromatic nitrogens is 1. The summed E-state index contributed by atoms with van der Waals surface area (Å²) in [6.45, 7) is 1.23. The molecule has 0 spiro atoms. The van der Waals surface area contributed by atoms with Gasteiger partial charge in [0.25, 0.3) is 0 Å². The Morgan fingerprint density at radius 3 is 2.76 bits per heavy atom. The summed E-state index contributed by atoms with van der Waals surface area (Å²) in [6, 6.07) is 10.9. The standard InChI is InChI=1S/C20H21ClN2O2/c21-18-5-1-3-16(13-18)20(25)17-4-2-12-23(14-17)19(24)7-6-15-8-10-22-11-9-15/h1,3,5,8-11,13,17H,2,4,6-7,12,14H2/t17-/m0/s1. The maximum atomic E-state index is 12.7. The van der Waals surface area contributed by atoms with Crippen molar-refractivity contribution in [2.45, 2.75) is 25.7 Å². The maximum Gasteiger partial charge on any atom is 0.222 e. The molecule has 1 atom stereocenters. The number of hydrogen-bond donors (Lipinski definition) is 0. The number of Topliss-reactive ketones (excluding diaryl/α,β-unsaturated/α-hetero) is 1. The summed E-state index contributed by atoms with van der Waals surface area (Å²) in [4.78, 5) is 31.0. The zero-order chi connectivity index (χ0) is 17.6. The first-order chi connectivity index (χ1) is 12.1. The van der Waals surface area contributed by atoms with Crippen molar-refractivity contribution in [2.75, 3.05) is 13.1 Å².